The molecule has 5 nitrogen and oxygen atoms in total. The van der Waals surface area contributed by atoms with Gasteiger partial charge in [0.05, 0.1) is 0 Å². The van der Waals surface area contributed by atoms with Crippen LogP contribution in [-0.4, -0.2) is 41.1 Å². The second-order valence-electron chi connectivity index (χ2n) is 7.30. The molecule has 0 radical (unpaired) electrons. The Hall–Kier alpha value is -1.75. The minimum atomic E-state index is -1.03. The van der Waals surface area contributed by atoms with Crippen LogP contribution in [0.15, 0.2) is 18.2 Å². The van der Waals surface area contributed by atoms with Crippen molar-refractivity contribution < 1.29 is 19.4 Å². The molecular weight excluding hydrogens is 354 g/mol. The number of carbonyl (C=O) groups excluding carboxylic acids is 1. The number of nitrogens with zero attached hydrogens (tertiary/aromatic N) is 1. The number of ether oxygens (including phenoxy) is 1. The van der Waals surface area contributed by atoms with E-state index in [1.54, 1.807) is 12.1 Å². The van der Waals surface area contributed by atoms with E-state index in [0.29, 0.717) is 23.2 Å². The number of carbonyl (C=O) groups is 2. The van der Waals surface area contributed by atoms with E-state index in [4.69, 9.17) is 21.4 Å². The molecule has 3 rings (SSSR count). The highest BCUT2D eigenvalue weighted by molar-refractivity contribution is 6.31. The molecule has 26 heavy (non-hydrogen) atoms. The van der Waals surface area contributed by atoms with Crippen molar-refractivity contribution >= 4 is 23.5 Å². The van der Waals surface area contributed by atoms with E-state index in [0.717, 1.165) is 37.8 Å². The summed E-state index contributed by atoms with van der Waals surface area (Å²) in [5, 5.41) is 9.20. The highest BCUT2D eigenvalue weighted by atomic mass is 35.5. The van der Waals surface area contributed by atoms with Crippen molar-refractivity contribution in [2.75, 3.05) is 13.2 Å². The maximum absolute atomic E-state index is 13.0. The number of rotatable bonds is 6. The molecule has 1 aliphatic heterocycles. The van der Waals surface area contributed by atoms with Crippen LogP contribution in [0.2, 0.25) is 5.02 Å². The molecule has 142 valence electrons. The fourth-order valence-electron chi connectivity index (χ4n) is 4.11. The standard InChI is InChI=1S/C20H26ClNO4/c21-18-12-17(26-13-19(23)24)9-8-14(18)11-15-5-4-10-22(20(15)25)16-6-2-1-3-7-16/h8-9,12,15-16H,1-7,10-11,13H2,(H,23,24). The summed E-state index contributed by atoms with van der Waals surface area (Å²) in [6, 6.07) is 5.61. The molecule has 0 spiro atoms. The van der Waals surface area contributed by atoms with Crippen LogP contribution in [0.3, 0.4) is 0 Å². The van der Waals surface area contributed by atoms with Crippen LogP contribution in [0, 0.1) is 5.92 Å². The van der Waals surface area contributed by atoms with Crippen molar-refractivity contribution in [3.63, 3.8) is 0 Å². The number of hydrogen-bond donors (Lipinski definition) is 1. The van der Waals surface area contributed by atoms with E-state index < -0.39 is 12.6 Å². The summed E-state index contributed by atoms with van der Waals surface area (Å²) in [5.74, 6) is -0.347. The Kier molecular flexibility index (Phi) is 6.41. The Morgan fingerprint density at radius 3 is 2.65 bits per heavy atom. The van der Waals surface area contributed by atoms with Crippen LogP contribution >= 0.6 is 11.6 Å². The zero-order valence-corrected chi connectivity index (χ0v) is 15.7. The molecule has 0 bridgehead atoms. The zero-order valence-electron chi connectivity index (χ0n) is 15.0. The average molecular weight is 380 g/mol. The van der Waals surface area contributed by atoms with Crippen molar-refractivity contribution in [1.82, 2.24) is 4.90 Å². The Morgan fingerprint density at radius 2 is 1.96 bits per heavy atom. The number of hydrogen-bond acceptors (Lipinski definition) is 3. The number of benzene rings is 1. The topological polar surface area (TPSA) is 66.8 Å². The molecule has 6 heteroatoms. The van der Waals surface area contributed by atoms with Gasteiger partial charge >= 0.3 is 5.97 Å². The number of carboxylic acids is 1. The molecule has 1 amide bonds. The van der Waals surface area contributed by atoms with Crippen molar-refractivity contribution in [3.8, 4) is 5.75 Å². The van der Waals surface area contributed by atoms with E-state index >= 15 is 0 Å². The minimum absolute atomic E-state index is 0.0195. The first kappa shape index (κ1) is 19.0. The molecule has 1 saturated heterocycles. The molecule has 1 atom stereocenters. The van der Waals surface area contributed by atoms with E-state index in [9.17, 15) is 9.59 Å². The van der Waals surface area contributed by atoms with Gasteiger partial charge in [-0.05, 0) is 49.8 Å². The normalized spacial score (nSPS) is 21.7. The maximum atomic E-state index is 13.0. The summed E-state index contributed by atoms with van der Waals surface area (Å²) >= 11 is 6.34. The average Bonchev–Trinajstić information content (AvgIpc) is 2.64. The van der Waals surface area contributed by atoms with Gasteiger partial charge in [0, 0.05) is 23.5 Å². The van der Waals surface area contributed by atoms with Gasteiger partial charge in [0.25, 0.3) is 0 Å². The lowest BCUT2D eigenvalue weighted by atomic mass is 9.87. The zero-order chi connectivity index (χ0) is 18.5. The Bertz CT molecular complexity index is 657. The third-order valence-electron chi connectivity index (χ3n) is 5.45. The minimum Gasteiger partial charge on any atom is -0.482 e. The van der Waals surface area contributed by atoms with Gasteiger partial charge in [0.1, 0.15) is 5.75 Å². The third kappa shape index (κ3) is 4.70. The molecule has 1 N–H and O–H groups in total. The molecule has 1 aliphatic carbocycles. The molecule has 1 aromatic rings. The molecular formula is C20H26ClNO4. The Morgan fingerprint density at radius 1 is 1.19 bits per heavy atom. The van der Waals surface area contributed by atoms with Gasteiger partial charge < -0.3 is 14.7 Å². The van der Waals surface area contributed by atoms with Gasteiger partial charge in [-0.1, -0.05) is 36.9 Å². The molecule has 1 unspecified atom stereocenters. The largest absolute Gasteiger partial charge is 0.482 e. The van der Waals surface area contributed by atoms with E-state index in [1.807, 2.05) is 6.07 Å². The highest BCUT2D eigenvalue weighted by Crippen LogP contribution is 2.31. The smallest absolute Gasteiger partial charge is 0.341 e. The first-order valence-electron chi connectivity index (χ1n) is 9.48. The van der Waals surface area contributed by atoms with Gasteiger partial charge in [0.15, 0.2) is 6.61 Å². The lowest BCUT2D eigenvalue weighted by Gasteiger charge is -2.40. The first-order valence-corrected chi connectivity index (χ1v) is 9.86. The summed E-state index contributed by atoms with van der Waals surface area (Å²) < 4.78 is 5.15. The quantitative estimate of drug-likeness (QED) is 0.813. The molecule has 2 fully saturated rings. The van der Waals surface area contributed by atoms with Crippen molar-refractivity contribution in [2.24, 2.45) is 5.92 Å². The van der Waals surface area contributed by atoms with Gasteiger partial charge in [-0.2, -0.15) is 0 Å². The monoisotopic (exact) mass is 379 g/mol. The molecule has 2 aliphatic rings. The molecule has 1 saturated carbocycles. The predicted molar refractivity (Wildman–Crippen MR) is 99.6 cm³/mol. The summed E-state index contributed by atoms with van der Waals surface area (Å²) in [6.07, 6.45) is 8.57. The van der Waals surface area contributed by atoms with Crippen LogP contribution < -0.4 is 4.74 Å². The van der Waals surface area contributed by atoms with Crippen LogP contribution in [0.5, 0.6) is 5.75 Å². The second-order valence-corrected chi connectivity index (χ2v) is 7.71. The number of likely N-dealkylation sites (tertiary alicyclic amines) is 1. The van der Waals surface area contributed by atoms with Crippen molar-refractivity contribution in [3.05, 3.63) is 28.8 Å². The maximum Gasteiger partial charge on any atom is 0.341 e. The molecule has 1 aromatic carbocycles. The number of aliphatic carboxylic acids is 1. The fourth-order valence-corrected chi connectivity index (χ4v) is 4.36. The van der Waals surface area contributed by atoms with E-state index in [2.05, 4.69) is 4.90 Å². The van der Waals surface area contributed by atoms with Crippen LogP contribution in [0.1, 0.15) is 50.5 Å². The summed E-state index contributed by atoms with van der Waals surface area (Å²) in [4.78, 5) is 25.7. The second kappa shape index (κ2) is 8.76. The van der Waals surface area contributed by atoms with E-state index in [1.165, 1.54) is 19.3 Å². The predicted octanol–water partition coefficient (Wildman–Crippen LogP) is 3.92. The summed E-state index contributed by atoms with van der Waals surface area (Å²) in [6.45, 7) is 0.489. The lowest BCUT2D eigenvalue weighted by molar-refractivity contribution is -0.142. The number of carboxylic acid groups (broad SMARTS) is 1. The Balaban J connectivity index is 1.63. The van der Waals surface area contributed by atoms with Crippen LogP contribution in [0.25, 0.3) is 0 Å². The number of halogens is 1. The van der Waals surface area contributed by atoms with Gasteiger partial charge in [-0.15, -0.1) is 0 Å². The molecule has 0 aromatic heterocycles. The van der Waals surface area contributed by atoms with Gasteiger partial charge in [-0.25, -0.2) is 4.79 Å². The van der Waals surface area contributed by atoms with Gasteiger partial charge in [0.2, 0.25) is 5.91 Å². The summed E-state index contributed by atoms with van der Waals surface area (Å²) in [5.41, 5.74) is 0.915. The van der Waals surface area contributed by atoms with E-state index in [-0.39, 0.29) is 11.8 Å². The van der Waals surface area contributed by atoms with Crippen LogP contribution in [-0.2, 0) is 16.0 Å². The number of amides is 1. The first-order chi connectivity index (χ1) is 12.5. The summed E-state index contributed by atoms with van der Waals surface area (Å²) in [7, 11) is 0. The van der Waals surface area contributed by atoms with Crippen molar-refractivity contribution in [1.29, 1.82) is 0 Å². The number of piperidine rings is 1. The molecule has 1 heterocycles. The fraction of sp³-hybridized carbons (Fsp3) is 0.600. The van der Waals surface area contributed by atoms with Crippen LogP contribution in [0.4, 0.5) is 0 Å². The SMILES string of the molecule is O=C(O)COc1ccc(CC2CCCN(C3CCCCC3)C2=O)c(Cl)c1. The lowest BCUT2D eigenvalue weighted by Crippen LogP contribution is -2.48. The third-order valence-corrected chi connectivity index (χ3v) is 5.80. The Labute approximate surface area is 159 Å². The van der Waals surface area contributed by atoms with Gasteiger partial charge in [-0.3, -0.25) is 4.79 Å². The van der Waals surface area contributed by atoms with Crippen molar-refractivity contribution in [2.45, 2.75) is 57.4 Å². The highest BCUT2D eigenvalue weighted by Gasteiger charge is 2.33.